The van der Waals surface area contributed by atoms with E-state index < -0.39 is 11.7 Å². The predicted molar refractivity (Wildman–Crippen MR) is 153 cm³/mol. The monoisotopic (exact) mass is 513 g/mol. The lowest BCUT2D eigenvalue weighted by Gasteiger charge is -2.19. The van der Waals surface area contributed by atoms with E-state index in [0.717, 1.165) is 30.4 Å². The highest BCUT2D eigenvalue weighted by Gasteiger charge is 2.16. The van der Waals surface area contributed by atoms with Gasteiger partial charge in [0.05, 0.1) is 5.69 Å². The molecule has 3 rings (SSSR count). The van der Waals surface area contributed by atoms with Gasteiger partial charge >= 0.3 is 6.09 Å². The number of aliphatic imine (C=N–C) groups is 1. The van der Waals surface area contributed by atoms with Crippen molar-refractivity contribution in [2.45, 2.75) is 52.6 Å². The SMILES string of the molecule is C=CC(=O)Nc1cccc(-c2cc(CC3=CCCC=C3)cc(N=C(N)/C=C(/C)NC(=O)OC(C)(C)C)n2)c1. The number of amidine groups is 1. The fourth-order valence-electron chi connectivity index (χ4n) is 3.75. The maximum absolute atomic E-state index is 12.0. The number of hydrogen-bond donors (Lipinski definition) is 3. The number of amides is 2. The summed E-state index contributed by atoms with van der Waals surface area (Å²) in [6, 6.07) is 11.3. The van der Waals surface area contributed by atoms with E-state index in [0.29, 0.717) is 22.9 Å². The molecule has 1 aromatic carbocycles. The first kappa shape index (κ1) is 28.1. The summed E-state index contributed by atoms with van der Waals surface area (Å²) < 4.78 is 5.28. The number of hydrogen-bond acceptors (Lipinski definition) is 5. The molecule has 198 valence electrons. The Bertz CT molecular complexity index is 1330. The van der Waals surface area contributed by atoms with Crippen molar-refractivity contribution in [1.29, 1.82) is 0 Å². The van der Waals surface area contributed by atoms with Crippen molar-refractivity contribution in [3.8, 4) is 11.3 Å². The number of ether oxygens (including phenoxy) is 1. The van der Waals surface area contributed by atoms with E-state index in [2.05, 4.69) is 40.4 Å². The first-order chi connectivity index (χ1) is 18.0. The Kier molecular flexibility index (Phi) is 9.38. The van der Waals surface area contributed by atoms with E-state index in [-0.39, 0.29) is 11.7 Å². The van der Waals surface area contributed by atoms with Crippen LogP contribution in [0.2, 0.25) is 0 Å². The van der Waals surface area contributed by atoms with Gasteiger partial charge in [-0.2, -0.15) is 0 Å². The van der Waals surface area contributed by atoms with Crippen LogP contribution < -0.4 is 16.4 Å². The molecule has 0 aliphatic heterocycles. The van der Waals surface area contributed by atoms with E-state index in [4.69, 9.17) is 15.5 Å². The van der Waals surface area contributed by atoms with Crippen molar-refractivity contribution >= 4 is 29.3 Å². The van der Waals surface area contributed by atoms with E-state index in [1.54, 1.807) is 39.8 Å². The zero-order chi connectivity index (χ0) is 27.7. The topological polar surface area (TPSA) is 119 Å². The molecule has 2 amide bonds. The number of pyridine rings is 1. The molecule has 0 saturated carbocycles. The van der Waals surface area contributed by atoms with Gasteiger partial charge in [-0.1, -0.05) is 36.9 Å². The first-order valence-electron chi connectivity index (χ1n) is 12.4. The zero-order valence-electron chi connectivity index (χ0n) is 22.4. The molecular formula is C30H35N5O3. The van der Waals surface area contributed by atoms with Crippen LogP contribution in [0.25, 0.3) is 11.3 Å². The fraction of sp³-hybridized carbons (Fsp3) is 0.267. The number of nitrogens with zero attached hydrogens (tertiary/aromatic N) is 2. The van der Waals surface area contributed by atoms with Crippen molar-refractivity contribution in [2.24, 2.45) is 10.7 Å². The van der Waals surface area contributed by atoms with Gasteiger partial charge in [0, 0.05) is 16.9 Å². The minimum Gasteiger partial charge on any atom is -0.444 e. The van der Waals surface area contributed by atoms with Gasteiger partial charge in [-0.15, -0.1) is 0 Å². The van der Waals surface area contributed by atoms with Crippen molar-refractivity contribution in [1.82, 2.24) is 10.3 Å². The number of alkyl carbamates (subject to hydrolysis) is 1. The molecule has 1 heterocycles. The number of rotatable bonds is 8. The molecule has 1 aromatic heterocycles. The second-order valence-corrected chi connectivity index (χ2v) is 9.92. The summed E-state index contributed by atoms with van der Waals surface area (Å²) in [6.07, 6.45) is 11.5. The zero-order valence-corrected chi connectivity index (χ0v) is 22.4. The molecule has 0 atom stereocenters. The molecular weight excluding hydrogens is 478 g/mol. The molecule has 8 nitrogen and oxygen atoms in total. The van der Waals surface area contributed by atoms with Crippen LogP contribution in [0, 0.1) is 0 Å². The maximum Gasteiger partial charge on any atom is 0.411 e. The van der Waals surface area contributed by atoms with Crippen molar-refractivity contribution in [3.63, 3.8) is 0 Å². The maximum atomic E-state index is 12.0. The lowest BCUT2D eigenvalue weighted by Crippen LogP contribution is -2.31. The Morgan fingerprint density at radius 2 is 2.00 bits per heavy atom. The van der Waals surface area contributed by atoms with E-state index >= 15 is 0 Å². The molecule has 4 N–H and O–H groups in total. The van der Waals surface area contributed by atoms with Crippen LogP contribution in [0.5, 0.6) is 0 Å². The van der Waals surface area contributed by atoms with Crippen LogP contribution in [-0.4, -0.2) is 28.4 Å². The Morgan fingerprint density at radius 3 is 2.68 bits per heavy atom. The summed E-state index contributed by atoms with van der Waals surface area (Å²) in [7, 11) is 0. The van der Waals surface area contributed by atoms with Gasteiger partial charge in [0.2, 0.25) is 5.91 Å². The van der Waals surface area contributed by atoms with E-state index in [1.807, 2.05) is 30.3 Å². The first-order valence-corrected chi connectivity index (χ1v) is 12.4. The van der Waals surface area contributed by atoms with Crippen molar-refractivity contribution in [3.05, 3.63) is 90.2 Å². The third-order valence-corrected chi connectivity index (χ3v) is 5.27. The largest absolute Gasteiger partial charge is 0.444 e. The Labute approximate surface area is 224 Å². The van der Waals surface area contributed by atoms with Gasteiger partial charge in [-0.05, 0) is 94.5 Å². The molecule has 0 saturated heterocycles. The third kappa shape index (κ3) is 9.20. The summed E-state index contributed by atoms with van der Waals surface area (Å²) in [4.78, 5) is 33.0. The van der Waals surface area contributed by atoms with Gasteiger partial charge < -0.3 is 15.8 Å². The molecule has 0 spiro atoms. The van der Waals surface area contributed by atoms with Gasteiger partial charge in [0.1, 0.15) is 11.4 Å². The number of allylic oxidation sites excluding steroid dienone is 5. The summed E-state index contributed by atoms with van der Waals surface area (Å²) in [5.74, 6) is 0.315. The summed E-state index contributed by atoms with van der Waals surface area (Å²) in [5.41, 5.74) is 10.4. The molecule has 1 aliphatic rings. The van der Waals surface area contributed by atoms with Crippen molar-refractivity contribution in [2.75, 3.05) is 5.32 Å². The molecule has 0 unspecified atom stereocenters. The highest BCUT2D eigenvalue weighted by atomic mass is 16.6. The van der Waals surface area contributed by atoms with Gasteiger partial charge in [-0.25, -0.2) is 14.8 Å². The number of anilines is 1. The van der Waals surface area contributed by atoms with Gasteiger partial charge in [-0.3, -0.25) is 10.1 Å². The van der Waals surface area contributed by atoms with Crippen LogP contribution in [-0.2, 0) is 16.0 Å². The number of aromatic nitrogens is 1. The minimum absolute atomic E-state index is 0.179. The van der Waals surface area contributed by atoms with Crippen molar-refractivity contribution < 1.29 is 14.3 Å². The highest BCUT2D eigenvalue weighted by Crippen LogP contribution is 2.27. The van der Waals surface area contributed by atoms with Gasteiger partial charge in [0.25, 0.3) is 0 Å². The van der Waals surface area contributed by atoms with Crippen LogP contribution in [0.3, 0.4) is 0 Å². The average Bonchev–Trinajstić information content (AvgIpc) is 2.83. The van der Waals surface area contributed by atoms with Gasteiger partial charge in [0.15, 0.2) is 5.82 Å². The highest BCUT2D eigenvalue weighted by molar-refractivity contribution is 5.99. The Morgan fingerprint density at radius 1 is 1.21 bits per heavy atom. The molecule has 2 aromatic rings. The minimum atomic E-state index is -0.612. The molecule has 0 fully saturated rings. The fourth-order valence-corrected chi connectivity index (χ4v) is 3.75. The van der Waals surface area contributed by atoms with Crippen LogP contribution in [0.1, 0.15) is 46.1 Å². The summed E-state index contributed by atoms with van der Waals surface area (Å²) in [5, 5.41) is 5.42. The smallest absolute Gasteiger partial charge is 0.411 e. The Hall–Kier alpha value is -4.46. The Balaban J connectivity index is 1.93. The lowest BCUT2D eigenvalue weighted by atomic mass is 9.98. The molecule has 38 heavy (non-hydrogen) atoms. The second kappa shape index (κ2) is 12.7. The number of benzene rings is 1. The third-order valence-electron chi connectivity index (χ3n) is 5.27. The quantitative estimate of drug-likeness (QED) is 0.224. The predicted octanol–water partition coefficient (Wildman–Crippen LogP) is 6.11. The number of nitrogens with one attached hydrogen (secondary N) is 2. The molecule has 8 heteroatoms. The van der Waals surface area contributed by atoms with E-state index in [1.165, 1.54) is 11.6 Å². The molecule has 1 aliphatic carbocycles. The lowest BCUT2D eigenvalue weighted by molar-refractivity contribution is -0.111. The summed E-state index contributed by atoms with van der Waals surface area (Å²) >= 11 is 0. The summed E-state index contributed by atoms with van der Waals surface area (Å²) in [6.45, 7) is 10.6. The second-order valence-electron chi connectivity index (χ2n) is 9.92. The number of nitrogens with two attached hydrogens (primary N) is 1. The standard InChI is InChI=1S/C30H35N5O3/c1-6-28(36)33-24-14-10-13-23(19-24)25-17-22(16-21-11-8-7-9-12-21)18-27(34-25)35-26(31)15-20(2)32-29(37)38-30(3,4)5/h6,8,10-15,17-19H,1,7,9,16H2,2-5H3,(H,32,37)(H,33,36)(H2,31,34,35)/b20-15-. The van der Waals surface area contributed by atoms with Crippen LogP contribution in [0.15, 0.2) is 89.6 Å². The molecule has 0 bridgehead atoms. The van der Waals surface area contributed by atoms with Crippen LogP contribution >= 0.6 is 0 Å². The number of carbonyl (C=O) groups excluding carboxylic acids is 2. The number of carbonyl (C=O) groups is 2. The molecule has 0 radical (unpaired) electrons. The average molecular weight is 514 g/mol. The van der Waals surface area contributed by atoms with Crippen LogP contribution in [0.4, 0.5) is 16.3 Å². The normalized spacial score (nSPS) is 13.9. The van der Waals surface area contributed by atoms with E-state index in [9.17, 15) is 9.59 Å².